The molecule has 0 amide bonds. The van der Waals surface area contributed by atoms with Crippen LogP contribution in [-0.2, 0) is 9.53 Å². The minimum absolute atomic E-state index is 0.0204. The van der Waals surface area contributed by atoms with Gasteiger partial charge in [0.2, 0.25) is 0 Å². The fraction of sp³-hybridized carbons (Fsp3) is 0.881. The molecule has 0 rings (SSSR count). The molecule has 0 aromatic carbocycles. The summed E-state index contributed by atoms with van der Waals surface area (Å²) in [6.45, 7) is 5.19. The first kappa shape index (κ1) is 43.0. The van der Waals surface area contributed by atoms with E-state index in [-0.39, 0.29) is 5.97 Å². The van der Waals surface area contributed by atoms with Crippen LogP contribution in [0.1, 0.15) is 232 Å². The maximum atomic E-state index is 12.0. The number of hydrogen-bond donors (Lipinski definition) is 0. The van der Waals surface area contributed by atoms with E-state index in [9.17, 15) is 4.79 Å². The Kier molecular flexibility index (Phi) is 39.0. The van der Waals surface area contributed by atoms with Crippen molar-refractivity contribution in [1.82, 2.24) is 0 Å². The van der Waals surface area contributed by atoms with Crippen LogP contribution in [0.5, 0.6) is 0 Å². The maximum absolute atomic E-state index is 12.0. The quantitative estimate of drug-likeness (QED) is 0.0394. The highest BCUT2D eigenvalue weighted by Gasteiger charge is 2.02. The average molecular weight is 617 g/mol. The van der Waals surface area contributed by atoms with Crippen LogP contribution in [-0.4, -0.2) is 12.6 Å². The van der Waals surface area contributed by atoms with Gasteiger partial charge in [-0.2, -0.15) is 0 Å². The third-order valence-corrected chi connectivity index (χ3v) is 9.06. The van der Waals surface area contributed by atoms with Gasteiger partial charge >= 0.3 is 5.97 Å². The Balaban J connectivity index is 3.21. The van der Waals surface area contributed by atoms with Gasteiger partial charge in [-0.1, -0.05) is 186 Å². The molecular formula is C42H80O2. The van der Waals surface area contributed by atoms with Gasteiger partial charge in [0.1, 0.15) is 0 Å². The molecule has 0 aromatic heterocycles. The van der Waals surface area contributed by atoms with Gasteiger partial charge in [0, 0.05) is 6.42 Å². The van der Waals surface area contributed by atoms with Gasteiger partial charge in [-0.3, -0.25) is 4.79 Å². The minimum Gasteiger partial charge on any atom is -0.466 e. The van der Waals surface area contributed by atoms with Crippen molar-refractivity contribution in [3.8, 4) is 0 Å². The molecule has 2 nitrogen and oxygen atoms in total. The van der Waals surface area contributed by atoms with Crippen LogP contribution >= 0.6 is 0 Å². The standard InChI is InChI=1S/C42H80O2/c1-3-5-7-9-11-13-15-17-19-21-23-24-26-28-30-32-34-36-38-40-42(43)44-41-39-37-35-33-31-29-27-25-22-20-18-16-14-12-10-8-6-4-2/h17-20H,3-16,21-41H2,1-2H3. The summed E-state index contributed by atoms with van der Waals surface area (Å²) in [5, 5.41) is 0. The van der Waals surface area contributed by atoms with Crippen molar-refractivity contribution in [3.63, 3.8) is 0 Å². The molecule has 0 bridgehead atoms. The van der Waals surface area contributed by atoms with E-state index in [1.165, 1.54) is 199 Å². The van der Waals surface area contributed by atoms with Crippen molar-refractivity contribution in [2.75, 3.05) is 6.61 Å². The Bertz CT molecular complexity index is 543. The van der Waals surface area contributed by atoms with Crippen LogP contribution < -0.4 is 0 Å². The van der Waals surface area contributed by atoms with E-state index in [4.69, 9.17) is 4.74 Å². The normalized spacial score (nSPS) is 11.8. The number of carbonyl (C=O) groups is 1. The molecule has 0 radical (unpaired) electrons. The van der Waals surface area contributed by atoms with E-state index in [0.29, 0.717) is 13.0 Å². The second kappa shape index (κ2) is 40.0. The van der Waals surface area contributed by atoms with Crippen molar-refractivity contribution in [1.29, 1.82) is 0 Å². The zero-order valence-corrected chi connectivity index (χ0v) is 30.4. The van der Waals surface area contributed by atoms with E-state index >= 15 is 0 Å². The summed E-state index contributed by atoms with van der Waals surface area (Å²) < 4.78 is 5.46. The van der Waals surface area contributed by atoms with E-state index in [0.717, 1.165) is 12.8 Å². The van der Waals surface area contributed by atoms with Gasteiger partial charge in [-0.05, 0) is 64.2 Å². The number of allylic oxidation sites excluding steroid dienone is 4. The number of unbranched alkanes of at least 4 members (excludes halogenated alkanes) is 29. The molecule has 0 unspecified atom stereocenters. The predicted molar refractivity (Wildman–Crippen MR) is 198 cm³/mol. The lowest BCUT2D eigenvalue weighted by molar-refractivity contribution is -0.143. The Labute approximate surface area is 278 Å². The summed E-state index contributed by atoms with van der Waals surface area (Å²) in [6, 6.07) is 0. The van der Waals surface area contributed by atoms with Gasteiger partial charge in [-0.25, -0.2) is 0 Å². The van der Waals surface area contributed by atoms with Crippen LogP contribution in [0.25, 0.3) is 0 Å². The van der Waals surface area contributed by atoms with Gasteiger partial charge in [-0.15, -0.1) is 0 Å². The fourth-order valence-electron chi connectivity index (χ4n) is 6.01. The zero-order chi connectivity index (χ0) is 31.9. The predicted octanol–water partition coefficient (Wildman–Crippen LogP) is 14.9. The SMILES string of the molecule is CCCCCCCCC=CCCCCCCCCCCCC(=O)OCCCCCCCCCCC=CCCCCCCCC. The molecule has 2 heteroatoms. The third-order valence-electron chi connectivity index (χ3n) is 9.06. The molecule has 44 heavy (non-hydrogen) atoms. The highest BCUT2D eigenvalue weighted by Crippen LogP contribution is 2.14. The van der Waals surface area contributed by atoms with Crippen molar-refractivity contribution in [2.24, 2.45) is 0 Å². The molecular weight excluding hydrogens is 536 g/mol. The second-order valence-corrected chi connectivity index (χ2v) is 13.6. The summed E-state index contributed by atoms with van der Waals surface area (Å²) >= 11 is 0. The Morgan fingerprint density at radius 1 is 0.364 bits per heavy atom. The Morgan fingerprint density at radius 2 is 0.636 bits per heavy atom. The minimum atomic E-state index is 0.0204. The molecule has 0 aromatic rings. The number of esters is 1. The number of ether oxygens (including phenoxy) is 1. The summed E-state index contributed by atoms with van der Waals surface area (Å²) in [5.74, 6) is 0.0204. The molecule has 0 fully saturated rings. The van der Waals surface area contributed by atoms with Crippen LogP contribution in [0.15, 0.2) is 24.3 Å². The molecule has 0 N–H and O–H groups in total. The van der Waals surface area contributed by atoms with Gasteiger partial charge in [0.15, 0.2) is 0 Å². The van der Waals surface area contributed by atoms with Gasteiger partial charge < -0.3 is 4.74 Å². The average Bonchev–Trinajstić information content (AvgIpc) is 3.03. The lowest BCUT2D eigenvalue weighted by Gasteiger charge is -2.05. The molecule has 0 aliphatic rings. The molecule has 0 aliphatic carbocycles. The Hall–Kier alpha value is -1.05. The fourth-order valence-corrected chi connectivity index (χ4v) is 6.01. The van der Waals surface area contributed by atoms with Crippen molar-refractivity contribution < 1.29 is 9.53 Å². The number of hydrogen-bond acceptors (Lipinski definition) is 2. The second-order valence-electron chi connectivity index (χ2n) is 13.6. The monoisotopic (exact) mass is 617 g/mol. The first-order valence-electron chi connectivity index (χ1n) is 20.3. The highest BCUT2D eigenvalue weighted by atomic mass is 16.5. The van der Waals surface area contributed by atoms with Gasteiger partial charge in [0.05, 0.1) is 6.61 Å². The lowest BCUT2D eigenvalue weighted by atomic mass is 10.1. The molecule has 0 saturated carbocycles. The zero-order valence-electron chi connectivity index (χ0n) is 30.4. The highest BCUT2D eigenvalue weighted by molar-refractivity contribution is 5.69. The van der Waals surface area contributed by atoms with Crippen molar-refractivity contribution >= 4 is 5.97 Å². The van der Waals surface area contributed by atoms with E-state index < -0.39 is 0 Å². The van der Waals surface area contributed by atoms with E-state index in [1.807, 2.05) is 0 Å². The lowest BCUT2D eigenvalue weighted by Crippen LogP contribution is -2.05. The molecule has 0 aliphatic heterocycles. The summed E-state index contributed by atoms with van der Waals surface area (Å²) in [6.07, 6.45) is 54.0. The van der Waals surface area contributed by atoms with Crippen LogP contribution in [0.4, 0.5) is 0 Å². The maximum Gasteiger partial charge on any atom is 0.305 e. The number of rotatable bonds is 37. The molecule has 260 valence electrons. The first-order chi connectivity index (χ1) is 21.8. The first-order valence-corrected chi connectivity index (χ1v) is 20.3. The summed E-state index contributed by atoms with van der Waals surface area (Å²) in [4.78, 5) is 12.0. The number of carbonyl (C=O) groups excluding carboxylic acids is 1. The van der Waals surface area contributed by atoms with E-state index in [1.54, 1.807) is 0 Å². The molecule has 0 spiro atoms. The Morgan fingerprint density at radius 3 is 0.977 bits per heavy atom. The van der Waals surface area contributed by atoms with Crippen molar-refractivity contribution in [2.45, 2.75) is 232 Å². The smallest absolute Gasteiger partial charge is 0.305 e. The van der Waals surface area contributed by atoms with Crippen LogP contribution in [0.2, 0.25) is 0 Å². The third kappa shape index (κ3) is 39.0. The van der Waals surface area contributed by atoms with E-state index in [2.05, 4.69) is 38.2 Å². The van der Waals surface area contributed by atoms with Crippen molar-refractivity contribution in [3.05, 3.63) is 24.3 Å². The van der Waals surface area contributed by atoms with Crippen LogP contribution in [0, 0.1) is 0 Å². The largest absolute Gasteiger partial charge is 0.466 e. The summed E-state index contributed by atoms with van der Waals surface area (Å²) in [5.41, 5.74) is 0. The van der Waals surface area contributed by atoms with Crippen LogP contribution in [0.3, 0.4) is 0 Å². The molecule has 0 atom stereocenters. The summed E-state index contributed by atoms with van der Waals surface area (Å²) in [7, 11) is 0. The molecule has 0 saturated heterocycles. The van der Waals surface area contributed by atoms with Gasteiger partial charge in [0.25, 0.3) is 0 Å². The molecule has 0 heterocycles. The topological polar surface area (TPSA) is 26.3 Å².